The number of aromatic nitrogens is 2. The number of methoxy groups -OCH3 is 1. The van der Waals surface area contributed by atoms with Gasteiger partial charge in [-0.1, -0.05) is 0 Å². The molecule has 1 aromatic heterocycles. The second kappa shape index (κ2) is 5.64. The van der Waals surface area contributed by atoms with Crippen LogP contribution in [-0.4, -0.2) is 18.9 Å². The van der Waals surface area contributed by atoms with Crippen molar-refractivity contribution in [1.29, 1.82) is 0 Å². The lowest BCUT2D eigenvalue weighted by Crippen LogP contribution is -2.23. The van der Waals surface area contributed by atoms with Gasteiger partial charge in [-0.2, -0.15) is 0 Å². The Morgan fingerprint density at radius 3 is 2.14 bits per heavy atom. The van der Waals surface area contributed by atoms with Crippen molar-refractivity contribution in [3.05, 3.63) is 18.7 Å². The first-order chi connectivity index (χ1) is 6.33. The maximum atomic E-state index is 9.75. The van der Waals surface area contributed by atoms with Crippen LogP contribution in [0.4, 0.5) is 17.3 Å². The van der Waals surface area contributed by atoms with Crippen LogP contribution in [0.3, 0.4) is 0 Å². The zero-order chi connectivity index (χ0) is 11.2. The highest BCUT2D eigenvalue weighted by atomic mass is 19.5. The van der Waals surface area contributed by atoms with E-state index >= 15 is 0 Å². The SMILES string of the molecule is COCn1cc[n+](C)c1.F[B-](F)(F)F. The molecule has 1 aromatic rings. The summed E-state index contributed by atoms with van der Waals surface area (Å²) in [5.41, 5.74) is 0. The van der Waals surface area contributed by atoms with Crippen LogP contribution >= 0.6 is 0 Å². The monoisotopic (exact) mass is 214 g/mol. The van der Waals surface area contributed by atoms with Gasteiger partial charge in [-0.3, -0.25) is 0 Å². The van der Waals surface area contributed by atoms with E-state index in [1.54, 1.807) is 7.11 Å². The van der Waals surface area contributed by atoms with Gasteiger partial charge >= 0.3 is 7.25 Å². The lowest BCUT2D eigenvalue weighted by atomic mass is 10.3. The molecule has 0 bridgehead atoms. The first kappa shape index (κ1) is 13.0. The summed E-state index contributed by atoms with van der Waals surface area (Å²) in [5.74, 6) is 0. The Kier molecular flexibility index (Phi) is 5.22. The van der Waals surface area contributed by atoms with Crippen molar-refractivity contribution in [2.24, 2.45) is 7.05 Å². The van der Waals surface area contributed by atoms with Crippen LogP contribution in [0.15, 0.2) is 18.7 Å². The fraction of sp³-hybridized carbons (Fsp3) is 0.500. The molecule has 0 N–H and O–H groups in total. The number of imidazole rings is 1. The van der Waals surface area contributed by atoms with Crippen LogP contribution in [0.5, 0.6) is 0 Å². The fourth-order valence-corrected chi connectivity index (χ4v) is 0.727. The summed E-state index contributed by atoms with van der Waals surface area (Å²) >= 11 is 0. The first-order valence-electron chi connectivity index (χ1n) is 3.70. The molecule has 82 valence electrons. The zero-order valence-electron chi connectivity index (χ0n) is 7.83. The Morgan fingerprint density at radius 2 is 1.86 bits per heavy atom. The largest absolute Gasteiger partial charge is 0.673 e. The maximum absolute atomic E-state index is 9.75. The Labute approximate surface area is 79.0 Å². The molecule has 1 rings (SSSR count). The van der Waals surface area contributed by atoms with Gasteiger partial charge in [0.15, 0.2) is 6.73 Å². The summed E-state index contributed by atoms with van der Waals surface area (Å²) < 4.78 is 47.8. The molecule has 14 heavy (non-hydrogen) atoms. The molecule has 0 saturated heterocycles. The van der Waals surface area contributed by atoms with Crippen molar-refractivity contribution >= 4 is 7.25 Å². The van der Waals surface area contributed by atoms with Crippen molar-refractivity contribution in [2.75, 3.05) is 7.11 Å². The van der Waals surface area contributed by atoms with Crippen LogP contribution in [0.1, 0.15) is 0 Å². The van der Waals surface area contributed by atoms with Gasteiger partial charge in [0, 0.05) is 7.11 Å². The lowest BCUT2D eigenvalue weighted by Gasteiger charge is -1.94. The molecule has 8 heteroatoms. The van der Waals surface area contributed by atoms with Crippen LogP contribution in [0.25, 0.3) is 0 Å². The number of nitrogens with zero attached hydrogens (tertiary/aromatic N) is 2. The minimum absolute atomic E-state index is 0.626. The molecule has 0 atom stereocenters. The Hall–Kier alpha value is -1.05. The third kappa shape index (κ3) is 9.05. The predicted octanol–water partition coefficient (Wildman–Crippen LogP) is 1.22. The van der Waals surface area contributed by atoms with Crippen LogP contribution in [0, 0.1) is 0 Å². The molecule has 0 aliphatic heterocycles. The number of ether oxygens (including phenoxy) is 1. The van der Waals surface area contributed by atoms with E-state index in [0.29, 0.717) is 6.73 Å². The van der Waals surface area contributed by atoms with E-state index in [1.807, 2.05) is 34.9 Å². The molecule has 0 aromatic carbocycles. The standard InChI is InChI=1S/C6H11N2O.BF4/c1-7-3-4-8(5-7)6-9-2;2-1(3,4)5/h3-5H,6H2,1-2H3;/q+1;-1. The molecule has 0 radical (unpaired) electrons. The third-order valence-electron chi connectivity index (χ3n) is 1.10. The molecule has 0 unspecified atom stereocenters. The van der Waals surface area contributed by atoms with Gasteiger partial charge in [0.1, 0.15) is 12.4 Å². The van der Waals surface area contributed by atoms with Gasteiger partial charge < -0.3 is 22.0 Å². The van der Waals surface area contributed by atoms with E-state index in [-0.39, 0.29) is 0 Å². The van der Waals surface area contributed by atoms with E-state index in [2.05, 4.69) is 0 Å². The molecule has 0 amide bonds. The molecule has 0 aliphatic rings. The first-order valence-corrected chi connectivity index (χ1v) is 3.70. The number of halogens is 4. The van der Waals surface area contributed by atoms with Gasteiger partial charge in [-0.15, -0.1) is 0 Å². The summed E-state index contributed by atoms with van der Waals surface area (Å²) in [6.07, 6.45) is 5.89. The lowest BCUT2D eigenvalue weighted by molar-refractivity contribution is -0.671. The minimum Gasteiger partial charge on any atom is -0.418 e. The molecular weight excluding hydrogens is 203 g/mol. The highest BCUT2D eigenvalue weighted by molar-refractivity contribution is 6.50. The minimum atomic E-state index is -6.00. The Balaban J connectivity index is 0.000000292. The molecule has 1 heterocycles. The summed E-state index contributed by atoms with van der Waals surface area (Å²) in [5, 5.41) is 0. The van der Waals surface area contributed by atoms with Crippen molar-refractivity contribution in [3.8, 4) is 0 Å². The Bertz CT molecular complexity index is 257. The highest BCUT2D eigenvalue weighted by Crippen LogP contribution is 2.06. The van der Waals surface area contributed by atoms with Crippen LogP contribution in [0.2, 0.25) is 0 Å². The average molecular weight is 214 g/mol. The molecule has 0 fully saturated rings. The number of hydrogen-bond donors (Lipinski definition) is 0. The third-order valence-corrected chi connectivity index (χ3v) is 1.10. The van der Waals surface area contributed by atoms with Gasteiger partial charge in [-0.25, -0.2) is 9.13 Å². The van der Waals surface area contributed by atoms with E-state index in [1.165, 1.54) is 0 Å². The van der Waals surface area contributed by atoms with E-state index in [0.717, 1.165) is 0 Å². The van der Waals surface area contributed by atoms with Crippen molar-refractivity contribution < 1.29 is 26.6 Å². The summed E-state index contributed by atoms with van der Waals surface area (Å²) in [4.78, 5) is 0. The summed E-state index contributed by atoms with van der Waals surface area (Å²) in [7, 11) is -2.34. The molecule has 0 aliphatic carbocycles. The van der Waals surface area contributed by atoms with Gasteiger partial charge in [-0.05, 0) is 0 Å². The van der Waals surface area contributed by atoms with Gasteiger partial charge in [0.2, 0.25) is 6.33 Å². The Morgan fingerprint density at radius 1 is 1.36 bits per heavy atom. The van der Waals surface area contributed by atoms with E-state index in [4.69, 9.17) is 4.74 Å². The number of rotatable bonds is 2. The number of aryl methyl sites for hydroxylation is 1. The normalized spacial score (nSPS) is 10.7. The number of hydrogen-bond acceptors (Lipinski definition) is 1. The molecular formula is C6H11BF4N2O. The highest BCUT2D eigenvalue weighted by Gasteiger charge is 2.20. The maximum Gasteiger partial charge on any atom is 0.673 e. The molecule has 0 spiro atoms. The van der Waals surface area contributed by atoms with Gasteiger partial charge in [0.05, 0.1) is 7.05 Å². The summed E-state index contributed by atoms with van der Waals surface area (Å²) in [6.45, 7) is 0.626. The van der Waals surface area contributed by atoms with Crippen molar-refractivity contribution in [3.63, 3.8) is 0 Å². The quantitative estimate of drug-likeness (QED) is 0.411. The van der Waals surface area contributed by atoms with E-state index in [9.17, 15) is 17.3 Å². The smallest absolute Gasteiger partial charge is 0.418 e. The average Bonchev–Trinajstić information content (AvgIpc) is 2.32. The zero-order valence-corrected chi connectivity index (χ0v) is 7.83. The predicted molar refractivity (Wildman–Crippen MR) is 42.8 cm³/mol. The van der Waals surface area contributed by atoms with Crippen molar-refractivity contribution in [2.45, 2.75) is 6.73 Å². The van der Waals surface area contributed by atoms with Crippen LogP contribution < -0.4 is 4.57 Å². The molecule has 0 saturated carbocycles. The topological polar surface area (TPSA) is 18.0 Å². The second-order valence-corrected chi connectivity index (χ2v) is 2.51. The molecule has 3 nitrogen and oxygen atoms in total. The van der Waals surface area contributed by atoms with Crippen molar-refractivity contribution in [1.82, 2.24) is 4.57 Å². The van der Waals surface area contributed by atoms with E-state index < -0.39 is 7.25 Å². The summed E-state index contributed by atoms with van der Waals surface area (Å²) in [6, 6.07) is 0. The van der Waals surface area contributed by atoms with Gasteiger partial charge in [0.25, 0.3) is 0 Å². The second-order valence-electron chi connectivity index (χ2n) is 2.51. The fourth-order valence-electron chi connectivity index (χ4n) is 0.727. The van der Waals surface area contributed by atoms with Crippen LogP contribution in [-0.2, 0) is 18.5 Å².